The van der Waals surface area contributed by atoms with E-state index in [9.17, 15) is 4.79 Å². The molecule has 0 saturated carbocycles. The van der Waals surface area contributed by atoms with Gasteiger partial charge in [0, 0.05) is 19.2 Å². The number of aliphatic hydroxyl groups is 1. The molecular weight excluding hydrogens is 220 g/mol. The Hall–Kier alpha value is -1.46. The average molecular weight is 238 g/mol. The van der Waals surface area contributed by atoms with E-state index in [2.05, 4.69) is 10.3 Å². The topological polar surface area (TPSA) is 82.5 Å². The van der Waals surface area contributed by atoms with Crippen LogP contribution in [0.25, 0.3) is 0 Å². The van der Waals surface area contributed by atoms with Crippen LogP contribution in [0.1, 0.15) is 30.0 Å². The van der Waals surface area contributed by atoms with Crippen molar-refractivity contribution in [1.29, 1.82) is 0 Å². The van der Waals surface area contributed by atoms with Crippen LogP contribution < -0.4 is 5.32 Å². The van der Waals surface area contributed by atoms with E-state index in [1.54, 1.807) is 12.1 Å². The van der Waals surface area contributed by atoms with E-state index in [1.807, 2.05) is 13.8 Å². The van der Waals surface area contributed by atoms with Gasteiger partial charge in [0.25, 0.3) is 0 Å². The zero-order chi connectivity index (χ0) is 12.8. The van der Waals surface area contributed by atoms with Gasteiger partial charge in [0.05, 0.1) is 5.69 Å². The fourth-order valence-electron chi connectivity index (χ4n) is 1.32. The lowest BCUT2D eigenvalue weighted by molar-refractivity contribution is 0.0690. The Morgan fingerprint density at radius 2 is 2.18 bits per heavy atom. The molecular formula is C12H18N2O3. The summed E-state index contributed by atoms with van der Waals surface area (Å²) >= 11 is 0. The molecule has 0 fully saturated rings. The largest absolute Gasteiger partial charge is 0.477 e. The SMILES string of the molecule is CC(CO)C(C)NCc1cccc(C(=O)O)n1. The van der Waals surface area contributed by atoms with Crippen LogP contribution in [0.15, 0.2) is 18.2 Å². The molecule has 1 aromatic rings. The molecule has 5 nitrogen and oxygen atoms in total. The predicted octanol–water partition coefficient (Wildman–Crippen LogP) is 0.886. The highest BCUT2D eigenvalue weighted by atomic mass is 16.4. The maximum Gasteiger partial charge on any atom is 0.354 e. The van der Waals surface area contributed by atoms with Crippen LogP contribution in [0, 0.1) is 5.92 Å². The molecule has 1 rings (SSSR count). The van der Waals surface area contributed by atoms with E-state index in [0.29, 0.717) is 12.2 Å². The smallest absolute Gasteiger partial charge is 0.354 e. The van der Waals surface area contributed by atoms with Crippen molar-refractivity contribution in [2.24, 2.45) is 5.92 Å². The summed E-state index contributed by atoms with van der Waals surface area (Å²) in [5.74, 6) is -0.874. The molecule has 0 amide bonds. The first-order chi connectivity index (χ1) is 8.04. The first-order valence-electron chi connectivity index (χ1n) is 5.58. The monoisotopic (exact) mass is 238 g/mol. The standard InChI is InChI=1S/C12H18N2O3/c1-8(7-15)9(2)13-6-10-4-3-5-11(14-10)12(16)17/h3-5,8-9,13,15H,6-7H2,1-2H3,(H,16,17). The summed E-state index contributed by atoms with van der Waals surface area (Å²) in [7, 11) is 0. The highest BCUT2D eigenvalue weighted by Gasteiger charge is 2.11. The normalized spacial score (nSPS) is 14.3. The van der Waals surface area contributed by atoms with Gasteiger partial charge in [0.2, 0.25) is 0 Å². The van der Waals surface area contributed by atoms with Gasteiger partial charge in [0.15, 0.2) is 0 Å². The summed E-state index contributed by atoms with van der Waals surface area (Å²) in [6.07, 6.45) is 0. The van der Waals surface area contributed by atoms with Crippen LogP contribution in [0.5, 0.6) is 0 Å². The fraction of sp³-hybridized carbons (Fsp3) is 0.500. The van der Waals surface area contributed by atoms with Gasteiger partial charge in [-0.05, 0) is 25.0 Å². The molecule has 0 radical (unpaired) electrons. The lowest BCUT2D eigenvalue weighted by Crippen LogP contribution is -2.33. The van der Waals surface area contributed by atoms with Crippen LogP contribution in [-0.2, 0) is 6.54 Å². The van der Waals surface area contributed by atoms with Gasteiger partial charge in [-0.25, -0.2) is 9.78 Å². The van der Waals surface area contributed by atoms with Crippen LogP contribution in [0.3, 0.4) is 0 Å². The fourth-order valence-corrected chi connectivity index (χ4v) is 1.32. The van der Waals surface area contributed by atoms with Crippen molar-refractivity contribution in [3.63, 3.8) is 0 Å². The predicted molar refractivity (Wildman–Crippen MR) is 63.7 cm³/mol. The lowest BCUT2D eigenvalue weighted by Gasteiger charge is -2.18. The minimum atomic E-state index is -1.02. The van der Waals surface area contributed by atoms with E-state index < -0.39 is 5.97 Å². The van der Waals surface area contributed by atoms with Gasteiger partial charge in [-0.1, -0.05) is 13.0 Å². The molecule has 2 atom stereocenters. The van der Waals surface area contributed by atoms with E-state index >= 15 is 0 Å². The number of pyridine rings is 1. The van der Waals surface area contributed by atoms with Gasteiger partial charge in [-0.15, -0.1) is 0 Å². The second-order valence-corrected chi connectivity index (χ2v) is 4.15. The Balaban J connectivity index is 2.57. The molecule has 0 spiro atoms. The molecule has 5 heteroatoms. The second-order valence-electron chi connectivity index (χ2n) is 4.15. The second kappa shape index (κ2) is 6.32. The molecule has 0 aliphatic rings. The summed E-state index contributed by atoms with van der Waals surface area (Å²) in [6, 6.07) is 5.06. The Bertz CT molecular complexity index is 382. The van der Waals surface area contributed by atoms with Crippen LogP contribution in [-0.4, -0.2) is 33.8 Å². The Labute approximate surface area is 101 Å². The highest BCUT2D eigenvalue weighted by molar-refractivity contribution is 5.85. The number of aromatic carboxylic acids is 1. The zero-order valence-electron chi connectivity index (χ0n) is 10.1. The number of carbonyl (C=O) groups is 1. The minimum absolute atomic E-state index is 0.0483. The summed E-state index contributed by atoms with van der Waals surface area (Å²) in [4.78, 5) is 14.7. The van der Waals surface area contributed by atoms with Crippen molar-refractivity contribution in [1.82, 2.24) is 10.3 Å². The van der Waals surface area contributed by atoms with Gasteiger partial charge in [-0.3, -0.25) is 0 Å². The highest BCUT2D eigenvalue weighted by Crippen LogP contribution is 2.04. The average Bonchev–Trinajstić information content (AvgIpc) is 2.35. The molecule has 0 aliphatic heterocycles. The lowest BCUT2D eigenvalue weighted by atomic mass is 10.1. The number of rotatable bonds is 6. The zero-order valence-corrected chi connectivity index (χ0v) is 10.1. The first-order valence-corrected chi connectivity index (χ1v) is 5.58. The number of hydrogen-bond donors (Lipinski definition) is 3. The molecule has 0 saturated heterocycles. The number of nitrogens with one attached hydrogen (secondary N) is 1. The quantitative estimate of drug-likeness (QED) is 0.685. The van der Waals surface area contributed by atoms with Crippen molar-refractivity contribution in [2.75, 3.05) is 6.61 Å². The van der Waals surface area contributed by atoms with Crippen LogP contribution >= 0.6 is 0 Å². The summed E-state index contributed by atoms with van der Waals surface area (Å²) < 4.78 is 0. The number of hydrogen-bond acceptors (Lipinski definition) is 4. The third-order valence-corrected chi connectivity index (χ3v) is 2.77. The molecule has 3 N–H and O–H groups in total. The number of aliphatic hydroxyl groups excluding tert-OH is 1. The summed E-state index contributed by atoms with van der Waals surface area (Å²) in [6.45, 7) is 4.53. The first kappa shape index (κ1) is 13.6. The molecule has 1 heterocycles. The van der Waals surface area contributed by atoms with Crippen molar-refractivity contribution in [2.45, 2.75) is 26.4 Å². The van der Waals surface area contributed by atoms with Crippen molar-refractivity contribution in [3.05, 3.63) is 29.6 Å². The molecule has 2 unspecified atom stereocenters. The molecule has 94 valence electrons. The Morgan fingerprint density at radius 1 is 1.47 bits per heavy atom. The van der Waals surface area contributed by atoms with E-state index in [0.717, 1.165) is 0 Å². The van der Waals surface area contributed by atoms with Crippen molar-refractivity contribution in [3.8, 4) is 0 Å². The van der Waals surface area contributed by atoms with Gasteiger partial charge in [0.1, 0.15) is 5.69 Å². The molecule has 0 bridgehead atoms. The number of carboxylic acids is 1. The van der Waals surface area contributed by atoms with Crippen molar-refractivity contribution < 1.29 is 15.0 Å². The molecule has 17 heavy (non-hydrogen) atoms. The van der Waals surface area contributed by atoms with Crippen molar-refractivity contribution >= 4 is 5.97 Å². The van der Waals surface area contributed by atoms with E-state index in [1.165, 1.54) is 6.07 Å². The maximum absolute atomic E-state index is 10.7. The van der Waals surface area contributed by atoms with Gasteiger partial charge < -0.3 is 15.5 Å². The summed E-state index contributed by atoms with van der Waals surface area (Å²) in [5.41, 5.74) is 0.731. The molecule has 0 aliphatic carbocycles. The van der Waals surface area contributed by atoms with E-state index in [4.69, 9.17) is 10.2 Å². The number of carboxylic acid groups (broad SMARTS) is 1. The Kier molecular flexibility index (Phi) is 5.06. The molecule has 1 aromatic heterocycles. The third-order valence-electron chi connectivity index (χ3n) is 2.77. The maximum atomic E-state index is 10.7. The molecule has 0 aromatic carbocycles. The number of nitrogens with zero attached hydrogens (tertiary/aromatic N) is 1. The van der Waals surface area contributed by atoms with Crippen LogP contribution in [0.4, 0.5) is 0 Å². The minimum Gasteiger partial charge on any atom is -0.477 e. The van der Waals surface area contributed by atoms with Gasteiger partial charge >= 0.3 is 5.97 Å². The third kappa shape index (κ3) is 4.13. The Morgan fingerprint density at radius 3 is 2.76 bits per heavy atom. The summed E-state index contributed by atoms with van der Waals surface area (Å²) in [5, 5.41) is 21.0. The van der Waals surface area contributed by atoms with Gasteiger partial charge in [-0.2, -0.15) is 0 Å². The number of aromatic nitrogens is 1. The van der Waals surface area contributed by atoms with E-state index in [-0.39, 0.29) is 24.3 Å². The van der Waals surface area contributed by atoms with Crippen LogP contribution in [0.2, 0.25) is 0 Å².